The molecule has 4 aromatic rings. The molecule has 0 radical (unpaired) electrons. The second-order valence-electron chi connectivity index (χ2n) is 6.72. The molecule has 0 aliphatic heterocycles. The Morgan fingerprint density at radius 2 is 1.97 bits per heavy atom. The third-order valence-electron chi connectivity index (χ3n) is 4.67. The standard InChI is InChI=1S/C20H16F3N5O3/c1-27-10-12(9-25-27)15-5-11-8-24-18(7-16(11)28(15)19(29)30)26-14-4-3-13(20(21,22)23)6-17(14)31-2/h3-10H,1-2H3,(H,24,26)(H,29,30). The summed E-state index contributed by atoms with van der Waals surface area (Å²) in [5.41, 5.74) is 0.791. The predicted octanol–water partition coefficient (Wildman–Crippen LogP) is 4.73. The molecular formula is C20H16F3N5O3. The van der Waals surface area contributed by atoms with Crippen molar-refractivity contribution in [1.29, 1.82) is 0 Å². The molecule has 0 aliphatic rings. The number of rotatable bonds is 4. The highest BCUT2D eigenvalue weighted by molar-refractivity contribution is 5.96. The molecule has 0 aliphatic carbocycles. The molecule has 0 fully saturated rings. The fraction of sp³-hybridized carbons (Fsp3) is 0.150. The van der Waals surface area contributed by atoms with E-state index >= 15 is 0 Å². The highest BCUT2D eigenvalue weighted by atomic mass is 19.4. The van der Waals surface area contributed by atoms with Crippen molar-refractivity contribution in [2.75, 3.05) is 12.4 Å². The van der Waals surface area contributed by atoms with Crippen LogP contribution in [0.3, 0.4) is 0 Å². The summed E-state index contributed by atoms with van der Waals surface area (Å²) in [6.45, 7) is 0. The summed E-state index contributed by atoms with van der Waals surface area (Å²) in [6.07, 6.45) is -0.986. The van der Waals surface area contributed by atoms with Crippen LogP contribution in [-0.2, 0) is 13.2 Å². The number of hydrogen-bond acceptors (Lipinski definition) is 5. The van der Waals surface area contributed by atoms with E-state index in [1.807, 2.05) is 0 Å². The SMILES string of the molecule is COc1cc(C(F)(F)F)ccc1Nc1cc2c(cn1)cc(-c1cnn(C)c1)n2C(=O)O. The predicted molar refractivity (Wildman–Crippen MR) is 107 cm³/mol. The number of aromatic nitrogens is 4. The molecule has 0 spiro atoms. The number of halogens is 3. The number of ether oxygens (including phenoxy) is 1. The number of nitrogens with one attached hydrogen (secondary N) is 1. The highest BCUT2D eigenvalue weighted by Crippen LogP contribution is 2.36. The fourth-order valence-electron chi connectivity index (χ4n) is 3.25. The monoisotopic (exact) mass is 431 g/mol. The Morgan fingerprint density at radius 1 is 1.19 bits per heavy atom. The van der Waals surface area contributed by atoms with Crippen LogP contribution in [0.2, 0.25) is 0 Å². The van der Waals surface area contributed by atoms with Crippen LogP contribution >= 0.6 is 0 Å². The van der Waals surface area contributed by atoms with Crippen LogP contribution in [0.15, 0.2) is 48.9 Å². The van der Waals surface area contributed by atoms with Gasteiger partial charge in [-0.3, -0.25) is 4.68 Å². The summed E-state index contributed by atoms with van der Waals surface area (Å²) in [5.74, 6) is 0.213. The van der Waals surface area contributed by atoms with E-state index < -0.39 is 17.8 Å². The second-order valence-corrected chi connectivity index (χ2v) is 6.72. The molecule has 160 valence electrons. The highest BCUT2D eigenvalue weighted by Gasteiger charge is 2.31. The summed E-state index contributed by atoms with van der Waals surface area (Å²) in [5, 5.41) is 17.3. The molecule has 1 aromatic carbocycles. The van der Waals surface area contributed by atoms with Crippen molar-refractivity contribution in [3.05, 3.63) is 54.5 Å². The molecule has 0 unspecified atom stereocenters. The topological polar surface area (TPSA) is 94.2 Å². The molecule has 31 heavy (non-hydrogen) atoms. The molecule has 3 aromatic heterocycles. The number of methoxy groups -OCH3 is 1. The van der Waals surface area contributed by atoms with Gasteiger partial charge in [-0.2, -0.15) is 18.3 Å². The van der Waals surface area contributed by atoms with Crippen LogP contribution in [0.1, 0.15) is 5.56 Å². The Hall–Kier alpha value is -4.02. The van der Waals surface area contributed by atoms with Gasteiger partial charge in [0.1, 0.15) is 11.6 Å². The van der Waals surface area contributed by atoms with Gasteiger partial charge in [0.25, 0.3) is 0 Å². The molecule has 11 heteroatoms. The van der Waals surface area contributed by atoms with Gasteiger partial charge in [-0.15, -0.1) is 0 Å². The Balaban J connectivity index is 1.76. The molecule has 0 saturated heterocycles. The van der Waals surface area contributed by atoms with E-state index in [0.29, 0.717) is 22.2 Å². The largest absolute Gasteiger partial charge is 0.495 e. The average molecular weight is 431 g/mol. The van der Waals surface area contributed by atoms with Crippen molar-refractivity contribution in [3.8, 4) is 17.0 Å². The number of carboxylic acid groups (broad SMARTS) is 1. The van der Waals surface area contributed by atoms with Gasteiger partial charge in [0, 0.05) is 36.5 Å². The normalized spacial score (nSPS) is 11.6. The van der Waals surface area contributed by atoms with Crippen LogP contribution in [0.25, 0.3) is 22.2 Å². The minimum atomic E-state index is -4.51. The van der Waals surface area contributed by atoms with Gasteiger partial charge in [-0.05, 0) is 24.3 Å². The number of aryl methyl sites for hydroxylation is 1. The molecule has 0 atom stereocenters. The van der Waals surface area contributed by atoms with Crippen LogP contribution in [0.5, 0.6) is 5.75 Å². The third-order valence-corrected chi connectivity index (χ3v) is 4.67. The van der Waals surface area contributed by atoms with Gasteiger partial charge in [0.05, 0.1) is 35.8 Å². The summed E-state index contributed by atoms with van der Waals surface area (Å²) in [6, 6.07) is 6.20. The van der Waals surface area contributed by atoms with Crippen molar-refractivity contribution in [2.45, 2.75) is 6.18 Å². The number of fused-ring (bicyclic) bond motifs is 1. The number of pyridine rings is 1. The lowest BCUT2D eigenvalue weighted by molar-refractivity contribution is -0.137. The smallest absolute Gasteiger partial charge is 0.416 e. The van der Waals surface area contributed by atoms with Gasteiger partial charge >= 0.3 is 12.3 Å². The minimum absolute atomic E-state index is 0.0265. The first kappa shape index (κ1) is 20.3. The van der Waals surface area contributed by atoms with Crippen LogP contribution in [-0.4, -0.2) is 37.6 Å². The molecule has 0 bridgehead atoms. The Morgan fingerprint density at radius 3 is 2.58 bits per heavy atom. The minimum Gasteiger partial charge on any atom is -0.495 e. The molecule has 3 heterocycles. The zero-order valence-corrected chi connectivity index (χ0v) is 16.3. The van der Waals surface area contributed by atoms with Gasteiger partial charge < -0.3 is 15.2 Å². The van der Waals surface area contributed by atoms with Crippen molar-refractivity contribution >= 4 is 28.5 Å². The Kier molecular flexibility index (Phi) is 4.80. The lowest BCUT2D eigenvalue weighted by atomic mass is 10.2. The van der Waals surface area contributed by atoms with Gasteiger partial charge in [0.2, 0.25) is 0 Å². The van der Waals surface area contributed by atoms with Crippen molar-refractivity contribution < 1.29 is 27.8 Å². The summed E-state index contributed by atoms with van der Waals surface area (Å²) in [4.78, 5) is 16.2. The van der Waals surface area contributed by atoms with E-state index in [0.717, 1.165) is 16.7 Å². The summed E-state index contributed by atoms with van der Waals surface area (Å²) < 4.78 is 46.6. The quantitative estimate of drug-likeness (QED) is 0.485. The first-order chi connectivity index (χ1) is 14.7. The number of benzene rings is 1. The lowest BCUT2D eigenvalue weighted by Gasteiger charge is -2.14. The molecule has 0 saturated carbocycles. The van der Waals surface area contributed by atoms with Crippen molar-refractivity contribution in [3.63, 3.8) is 0 Å². The number of nitrogens with zero attached hydrogens (tertiary/aromatic N) is 4. The number of carbonyl (C=O) groups is 1. The molecule has 2 N–H and O–H groups in total. The van der Waals surface area contributed by atoms with E-state index in [1.165, 1.54) is 25.4 Å². The van der Waals surface area contributed by atoms with E-state index in [2.05, 4.69) is 15.4 Å². The maximum absolute atomic E-state index is 12.9. The molecule has 8 nitrogen and oxygen atoms in total. The number of hydrogen-bond donors (Lipinski definition) is 2. The van der Waals surface area contributed by atoms with E-state index in [4.69, 9.17) is 4.74 Å². The van der Waals surface area contributed by atoms with Gasteiger partial charge in [-0.25, -0.2) is 14.3 Å². The van der Waals surface area contributed by atoms with Crippen molar-refractivity contribution in [2.24, 2.45) is 7.05 Å². The molecule has 4 rings (SSSR count). The Bertz CT molecular complexity index is 1290. The van der Waals surface area contributed by atoms with Crippen molar-refractivity contribution in [1.82, 2.24) is 19.3 Å². The molecule has 0 amide bonds. The number of anilines is 2. The summed E-state index contributed by atoms with van der Waals surface area (Å²) >= 11 is 0. The Labute approximate surface area is 173 Å². The first-order valence-electron chi connectivity index (χ1n) is 8.93. The van der Waals surface area contributed by atoms with E-state index in [-0.39, 0.29) is 17.3 Å². The van der Waals surface area contributed by atoms with Crippen LogP contribution < -0.4 is 10.1 Å². The van der Waals surface area contributed by atoms with Gasteiger partial charge in [-0.1, -0.05) is 0 Å². The lowest BCUT2D eigenvalue weighted by Crippen LogP contribution is -2.09. The summed E-state index contributed by atoms with van der Waals surface area (Å²) in [7, 11) is 2.98. The average Bonchev–Trinajstić information content (AvgIpc) is 3.30. The fourth-order valence-corrected chi connectivity index (χ4v) is 3.25. The molecular weight excluding hydrogens is 415 g/mol. The maximum atomic E-state index is 12.9. The van der Waals surface area contributed by atoms with E-state index in [1.54, 1.807) is 30.2 Å². The van der Waals surface area contributed by atoms with Crippen LogP contribution in [0, 0.1) is 0 Å². The van der Waals surface area contributed by atoms with Gasteiger partial charge in [0.15, 0.2) is 0 Å². The zero-order chi connectivity index (χ0) is 22.3. The second kappa shape index (κ2) is 7.35. The van der Waals surface area contributed by atoms with E-state index in [9.17, 15) is 23.1 Å². The third kappa shape index (κ3) is 3.77. The maximum Gasteiger partial charge on any atom is 0.416 e. The first-order valence-corrected chi connectivity index (χ1v) is 8.93. The van der Waals surface area contributed by atoms with Crippen LogP contribution in [0.4, 0.5) is 29.5 Å². The zero-order valence-electron chi connectivity index (χ0n) is 16.3. The number of alkyl halides is 3.